The first kappa shape index (κ1) is 12.0. The van der Waals surface area contributed by atoms with E-state index >= 15 is 0 Å². The molecule has 0 radical (unpaired) electrons. The standard InChI is InChI=1S/C10H13BrN2O2/c1-3-8(11)10(14)13-7-4-5-9(15-2)12-6-7/h4-6,8H,3H2,1-2H3,(H,13,14). The molecule has 1 aromatic heterocycles. The summed E-state index contributed by atoms with van der Waals surface area (Å²) in [6, 6.07) is 3.45. The highest BCUT2D eigenvalue weighted by molar-refractivity contribution is 9.10. The first-order chi connectivity index (χ1) is 7.17. The maximum absolute atomic E-state index is 11.5. The monoisotopic (exact) mass is 272 g/mol. The van der Waals surface area contributed by atoms with E-state index in [1.54, 1.807) is 25.4 Å². The van der Waals surface area contributed by atoms with Crippen molar-refractivity contribution in [2.45, 2.75) is 18.2 Å². The van der Waals surface area contributed by atoms with Gasteiger partial charge in [0.1, 0.15) is 0 Å². The average molecular weight is 273 g/mol. The Morgan fingerprint density at radius 1 is 1.67 bits per heavy atom. The molecule has 15 heavy (non-hydrogen) atoms. The summed E-state index contributed by atoms with van der Waals surface area (Å²) in [5.41, 5.74) is 0.665. The van der Waals surface area contributed by atoms with Crippen LogP contribution in [0.1, 0.15) is 13.3 Å². The molecule has 4 nitrogen and oxygen atoms in total. The molecule has 0 fully saturated rings. The molecule has 1 unspecified atom stereocenters. The van der Waals surface area contributed by atoms with Crippen LogP contribution >= 0.6 is 15.9 Å². The van der Waals surface area contributed by atoms with Crippen molar-refractivity contribution in [2.24, 2.45) is 0 Å². The summed E-state index contributed by atoms with van der Waals surface area (Å²) in [6.07, 6.45) is 2.31. The van der Waals surface area contributed by atoms with Gasteiger partial charge in [-0.1, -0.05) is 22.9 Å². The molecule has 0 spiro atoms. The minimum Gasteiger partial charge on any atom is -0.481 e. The predicted molar refractivity (Wildman–Crippen MR) is 62.4 cm³/mol. The molecule has 0 aliphatic carbocycles. The Bertz CT molecular complexity index is 327. The predicted octanol–water partition coefficient (Wildman–Crippen LogP) is 2.20. The zero-order valence-corrected chi connectivity index (χ0v) is 10.2. The Hall–Kier alpha value is -1.10. The van der Waals surface area contributed by atoms with Crippen LogP contribution in [-0.2, 0) is 4.79 Å². The number of hydrogen-bond acceptors (Lipinski definition) is 3. The fourth-order valence-electron chi connectivity index (χ4n) is 0.981. The number of ether oxygens (including phenoxy) is 1. The van der Waals surface area contributed by atoms with Gasteiger partial charge >= 0.3 is 0 Å². The molecule has 0 bridgehead atoms. The second-order valence-corrected chi connectivity index (χ2v) is 4.06. The molecular formula is C10H13BrN2O2. The van der Waals surface area contributed by atoms with E-state index in [1.807, 2.05) is 6.92 Å². The van der Waals surface area contributed by atoms with Crippen LogP contribution in [0.15, 0.2) is 18.3 Å². The fourth-order valence-corrected chi connectivity index (χ4v) is 1.10. The van der Waals surface area contributed by atoms with E-state index in [-0.39, 0.29) is 10.7 Å². The summed E-state index contributed by atoms with van der Waals surface area (Å²) in [5.74, 6) is 0.461. The molecule has 5 heteroatoms. The minimum absolute atomic E-state index is 0.0653. The summed E-state index contributed by atoms with van der Waals surface area (Å²) in [5, 5.41) is 2.74. The largest absolute Gasteiger partial charge is 0.481 e. The third-order valence-corrected chi connectivity index (χ3v) is 2.92. The van der Waals surface area contributed by atoms with Crippen molar-refractivity contribution in [1.82, 2.24) is 4.98 Å². The van der Waals surface area contributed by atoms with Crippen LogP contribution in [0.3, 0.4) is 0 Å². The third-order valence-electron chi connectivity index (χ3n) is 1.86. The molecule has 0 aliphatic rings. The van der Waals surface area contributed by atoms with Gasteiger partial charge in [-0.15, -0.1) is 0 Å². The van der Waals surface area contributed by atoms with Crippen molar-refractivity contribution in [3.05, 3.63) is 18.3 Å². The quantitative estimate of drug-likeness (QED) is 0.855. The average Bonchev–Trinajstić information content (AvgIpc) is 2.29. The van der Waals surface area contributed by atoms with Gasteiger partial charge in [0, 0.05) is 6.07 Å². The normalized spacial score (nSPS) is 11.9. The number of carbonyl (C=O) groups excluding carboxylic acids is 1. The molecule has 0 saturated heterocycles. The molecule has 1 N–H and O–H groups in total. The summed E-state index contributed by atoms with van der Waals surface area (Å²) in [7, 11) is 1.55. The number of anilines is 1. The van der Waals surface area contributed by atoms with Gasteiger partial charge in [0.2, 0.25) is 11.8 Å². The second kappa shape index (κ2) is 5.70. The number of carbonyl (C=O) groups is 1. The van der Waals surface area contributed by atoms with Gasteiger partial charge in [0.25, 0.3) is 0 Å². The maximum atomic E-state index is 11.5. The molecule has 1 heterocycles. The Morgan fingerprint density at radius 2 is 2.40 bits per heavy atom. The van der Waals surface area contributed by atoms with Gasteiger partial charge < -0.3 is 10.1 Å². The number of hydrogen-bond donors (Lipinski definition) is 1. The smallest absolute Gasteiger partial charge is 0.238 e. The number of alkyl halides is 1. The number of amides is 1. The first-order valence-corrected chi connectivity index (χ1v) is 5.54. The van der Waals surface area contributed by atoms with E-state index < -0.39 is 0 Å². The van der Waals surface area contributed by atoms with E-state index in [0.29, 0.717) is 11.6 Å². The zero-order valence-electron chi connectivity index (χ0n) is 8.66. The molecule has 1 aromatic rings. The summed E-state index contributed by atoms with van der Waals surface area (Å²) in [6.45, 7) is 1.94. The summed E-state index contributed by atoms with van der Waals surface area (Å²) in [4.78, 5) is 15.3. The third kappa shape index (κ3) is 3.51. The number of rotatable bonds is 4. The fraction of sp³-hybridized carbons (Fsp3) is 0.400. The molecular weight excluding hydrogens is 260 g/mol. The van der Waals surface area contributed by atoms with Crippen LogP contribution in [-0.4, -0.2) is 22.8 Å². The number of nitrogens with one attached hydrogen (secondary N) is 1. The second-order valence-electron chi connectivity index (χ2n) is 2.95. The molecule has 0 saturated carbocycles. The van der Waals surface area contributed by atoms with E-state index in [0.717, 1.165) is 6.42 Å². The number of nitrogens with zero attached hydrogens (tertiary/aromatic N) is 1. The lowest BCUT2D eigenvalue weighted by Crippen LogP contribution is -2.21. The van der Waals surface area contributed by atoms with E-state index in [9.17, 15) is 4.79 Å². The van der Waals surface area contributed by atoms with Crippen LogP contribution in [0.5, 0.6) is 5.88 Å². The van der Waals surface area contributed by atoms with E-state index in [4.69, 9.17) is 4.74 Å². The van der Waals surface area contributed by atoms with Crippen molar-refractivity contribution in [2.75, 3.05) is 12.4 Å². The Balaban J connectivity index is 2.61. The first-order valence-electron chi connectivity index (χ1n) is 4.62. The number of halogens is 1. The maximum Gasteiger partial charge on any atom is 0.238 e. The minimum atomic E-state index is -0.167. The van der Waals surface area contributed by atoms with Crippen molar-refractivity contribution in [3.63, 3.8) is 0 Å². The van der Waals surface area contributed by atoms with Crippen molar-refractivity contribution >= 4 is 27.5 Å². The van der Waals surface area contributed by atoms with Crippen molar-refractivity contribution < 1.29 is 9.53 Å². The van der Waals surface area contributed by atoms with Crippen LogP contribution in [0.2, 0.25) is 0 Å². The van der Waals surface area contributed by atoms with Crippen LogP contribution < -0.4 is 10.1 Å². The lowest BCUT2D eigenvalue weighted by atomic mass is 10.3. The van der Waals surface area contributed by atoms with Gasteiger partial charge in [-0.05, 0) is 12.5 Å². The Morgan fingerprint density at radius 3 is 2.87 bits per heavy atom. The SMILES string of the molecule is CCC(Br)C(=O)Nc1ccc(OC)nc1. The van der Waals surface area contributed by atoms with Gasteiger partial charge in [-0.25, -0.2) is 4.98 Å². The zero-order chi connectivity index (χ0) is 11.3. The van der Waals surface area contributed by atoms with Gasteiger partial charge in [-0.2, -0.15) is 0 Å². The highest BCUT2D eigenvalue weighted by Crippen LogP contribution is 2.13. The lowest BCUT2D eigenvalue weighted by molar-refractivity contribution is -0.115. The Labute approximate surface area is 97.2 Å². The molecule has 1 atom stereocenters. The molecule has 82 valence electrons. The molecule has 1 rings (SSSR count). The van der Waals surface area contributed by atoms with Gasteiger partial charge in [0.15, 0.2) is 0 Å². The summed E-state index contributed by atoms with van der Waals surface area (Å²) >= 11 is 3.27. The van der Waals surface area contributed by atoms with Crippen LogP contribution in [0.4, 0.5) is 5.69 Å². The highest BCUT2D eigenvalue weighted by Gasteiger charge is 2.12. The summed E-state index contributed by atoms with van der Waals surface area (Å²) < 4.78 is 4.91. The van der Waals surface area contributed by atoms with E-state index in [2.05, 4.69) is 26.2 Å². The molecule has 1 amide bonds. The number of methoxy groups -OCH3 is 1. The molecule has 0 aliphatic heterocycles. The Kier molecular flexibility index (Phi) is 4.55. The van der Waals surface area contributed by atoms with Gasteiger partial charge in [0.05, 0.1) is 23.8 Å². The van der Waals surface area contributed by atoms with Crippen molar-refractivity contribution in [1.29, 1.82) is 0 Å². The number of pyridine rings is 1. The van der Waals surface area contributed by atoms with Crippen LogP contribution in [0.25, 0.3) is 0 Å². The highest BCUT2D eigenvalue weighted by atomic mass is 79.9. The van der Waals surface area contributed by atoms with E-state index in [1.165, 1.54) is 0 Å². The van der Waals surface area contributed by atoms with Crippen LogP contribution in [0, 0.1) is 0 Å². The number of aromatic nitrogens is 1. The lowest BCUT2D eigenvalue weighted by Gasteiger charge is -2.08. The topological polar surface area (TPSA) is 51.2 Å². The van der Waals surface area contributed by atoms with Crippen molar-refractivity contribution in [3.8, 4) is 5.88 Å². The molecule has 0 aromatic carbocycles. The van der Waals surface area contributed by atoms with Gasteiger partial charge in [-0.3, -0.25) is 4.79 Å².